The Bertz CT molecular complexity index is 1000. The third-order valence-corrected chi connectivity index (χ3v) is 4.32. The molecule has 3 aromatic rings. The monoisotopic (exact) mass is 416 g/mol. The van der Waals surface area contributed by atoms with Crippen LogP contribution in [-0.4, -0.2) is 11.6 Å². The van der Waals surface area contributed by atoms with Gasteiger partial charge in [0.15, 0.2) is 17.4 Å². The van der Waals surface area contributed by atoms with E-state index in [0.29, 0.717) is 12.3 Å². The van der Waals surface area contributed by atoms with Gasteiger partial charge in [0, 0.05) is 11.6 Å². The van der Waals surface area contributed by atoms with E-state index in [1.807, 2.05) is 13.0 Å². The number of nitrogens with one attached hydrogen (secondary N) is 1. The normalized spacial score (nSPS) is 11.9. The third kappa shape index (κ3) is 5.39. The molecule has 1 N–H and O–H groups in total. The first-order valence-electron chi connectivity index (χ1n) is 8.69. The van der Waals surface area contributed by atoms with E-state index in [0.717, 1.165) is 5.56 Å². The molecule has 29 heavy (non-hydrogen) atoms. The second-order valence-corrected chi connectivity index (χ2v) is 6.54. The van der Waals surface area contributed by atoms with Gasteiger partial charge in [-0.2, -0.15) is 13.3 Å². The Morgan fingerprint density at radius 2 is 1.97 bits per heavy atom. The summed E-state index contributed by atoms with van der Waals surface area (Å²) in [5.41, 5.74) is 1.46. The summed E-state index contributed by atoms with van der Waals surface area (Å²) in [5, 5.41) is 16.2. The number of hydrogen-bond acceptors (Lipinski definition) is 4. The van der Waals surface area contributed by atoms with E-state index in [2.05, 4.69) is 10.1 Å². The van der Waals surface area contributed by atoms with Crippen LogP contribution < -0.4 is 19.7 Å². The van der Waals surface area contributed by atoms with Gasteiger partial charge in [-0.3, -0.25) is 0 Å². The van der Waals surface area contributed by atoms with Gasteiger partial charge in [-0.25, -0.2) is 0 Å². The van der Waals surface area contributed by atoms with Gasteiger partial charge in [-0.1, -0.05) is 24.4 Å². The van der Waals surface area contributed by atoms with Crippen molar-refractivity contribution in [2.75, 3.05) is 0 Å². The zero-order chi connectivity index (χ0) is 20.8. The fraction of sp³-hybridized carbons (Fsp3) is 0.143. The van der Waals surface area contributed by atoms with E-state index < -0.39 is 6.61 Å². The predicted molar refractivity (Wildman–Crippen MR) is 106 cm³/mol. The molecule has 0 amide bonds. The molecule has 0 aliphatic carbocycles. The molecular formula is C21H18F2N2O3S. The fourth-order valence-electron chi connectivity index (χ4n) is 2.66. The highest BCUT2D eigenvalue weighted by atomic mass is 32.1. The zero-order valence-corrected chi connectivity index (χ0v) is 16.3. The summed E-state index contributed by atoms with van der Waals surface area (Å²) in [7, 11) is 0. The summed E-state index contributed by atoms with van der Waals surface area (Å²) in [4.78, 5) is 0.231. The minimum Gasteiger partial charge on any atom is -0.867 e. The van der Waals surface area contributed by atoms with Gasteiger partial charge in [0.2, 0.25) is 5.70 Å². The zero-order valence-electron chi connectivity index (χ0n) is 15.5. The molecule has 0 radical (unpaired) electrons. The summed E-state index contributed by atoms with van der Waals surface area (Å²) < 4.78 is 35.9. The summed E-state index contributed by atoms with van der Waals surface area (Å²) in [6.07, 6.45) is 5.05. The molecule has 0 unspecified atom stereocenters. The van der Waals surface area contributed by atoms with E-state index >= 15 is 0 Å². The van der Waals surface area contributed by atoms with Crippen molar-refractivity contribution in [3.05, 3.63) is 84.1 Å². The van der Waals surface area contributed by atoms with Crippen LogP contribution in [0.3, 0.4) is 0 Å². The van der Waals surface area contributed by atoms with Crippen molar-refractivity contribution in [3.63, 3.8) is 0 Å². The largest absolute Gasteiger partial charge is 0.867 e. The minimum atomic E-state index is -2.93. The number of furan rings is 1. The maximum absolute atomic E-state index is 13.2. The summed E-state index contributed by atoms with van der Waals surface area (Å²) in [5.74, 6) is 0.280. The highest BCUT2D eigenvalue weighted by Gasteiger charge is 2.19. The fourth-order valence-corrected chi connectivity index (χ4v) is 2.93. The summed E-state index contributed by atoms with van der Waals surface area (Å²) >= 11 is 5.48. The first-order chi connectivity index (χ1) is 13.9. The summed E-state index contributed by atoms with van der Waals surface area (Å²) in [6, 6.07) is 12.7. The van der Waals surface area contributed by atoms with E-state index in [-0.39, 0.29) is 27.8 Å². The lowest BCUT2D eigenvalue weighted by Crippen LogP contribution is -2.42. The molecule has 2 aromatic heterocycles. The highest BCUT2D eigenvalue weighted by molar-refractivity contribution is 7.81. The highest BCUT2D eigenvalue weighted by Crippen LogP contribution is 2.20. The number of rotatable bonds is 7. The summed E-state index contributed by atoms with van der Waals surface area (Å²) in [6.45, 7) is -0.718. The first kappa shape index (κ1) is 20.5. The van der Waals surface area contributed by atoms with Crippen LogP contribution >= 0.6 is 12.2 Å². The maximum Gasteiger partial charge on any atom is 0.387 e. The molecule has 1 aromatic carbocycles. The molecule has 2 heterocycles. The molecule has 150 valence electrons. The molecule has 3 rings (SSSR count). The van der Waals surface area contributed by atoms with Gasteiger partial charge in [-0.15, -0.1) is 0 Å². The van der Waals surface area contributed by atoms with Crippen molar-refractivity contribution < 1.29 is 27.6 Å². The molecule has 0 saturated carbocycles. The van der Waals surface area contributed by atoms with Crippen LogP contribution in [0.2, 0.25) is 0 Å². The van der Waals surface area contributed by atoms with Gasteiger partial charge in [0.1, 0.15) is 11.5 Å². The number of halogens is 2. The average molecular weight is 416 g/mol. The van der Waals surface area contributed by atoms with Crippen LogP contribution in [0.25, 0.3) is 11.5 Å². The SMILES string of the molecule is Cc1ccc[n+](/C(C(=S)NCc2ccco2)=C(/[O-])c2ccc(OC(F)F)cc2)c1. The number of aromatic nitrogens is 1. The van der Waals surface area contributed by atoms with E-state index in [9.17, 15) is 13.9 Å². The number of benzene rings is 1. The molecular weight excluding hydrogens is 398 g/mol. The number of thiocarbonyl (C=S) groups is 1. The first-order valence-corrected chi connectivity index (χ1v) is 9.10. The molecule has 0 saturated heterocycles. The Morgan fingerprint density at radius 1 is 1.21 bits per heavy atom. The van der Waals surface area contributed by atoms with Crippen LogP contribution in [0.5, 0.6) is 5.75 Å². The van der Waals surface area contributed by atoms with Crippen molar-refractivity contribution in [2.24, 2.45) is 0 Å². The Balaban J connectivity index is 1.95. The van der Waals surface area contributed by atoms with E-state index in [1.165, 1.54) is 24.3 Å². The van der Waals surface area contributed by atoms with Crippen LogP contribution in [-0.2, 0) is 6.54 Å². The number of alkyl halides is 2. The van der Waals surface area contributed by atoms with Crippen molar-refractivity contribution >= 4 is 28.7 Å². The number of hydrogen-bond donors (Lipinski definition) is 1. The van der Waals surface area contributed by atoms with Crippen molar-refractivity contribution in [1.29, 1.82) is 0 Å². The lowest BCUT2D eigenvalue weighted by atomic mass is 10.1. The number of ether oxygens (including phenoxy) is 1. The molecule has 0 bridgehead atoms. The molecule has 0 aliphatic rings. The lowest BCUT2D eigenvalue weighted by molar-refractivity contribution is -0.578. The van der Waals surface area contributed by atoms with Crippen LogP contribution in [0.4, 0.5) is 8.78 Å². The molecule has 0 aliphatic heterocycles. The molecule has 5 nitrogen and oxygen atoms in total. The topological polar surface area (TPSA) is 61.3 Å². The van der Waals surface area contributed by atoms with Gasteiger partial charge in [0.05, 0.1) is 12.8 Å². The molecule has 0 spiro atoms. The molecule has 0 atom stereocenters. The Labute approximate surface area is 171 Å². The van der Waals surface area contributed by atoms with Gasteiger partial charge in [0.25, 0.3) is 0 Å². The number of nitrogens with zero attached hydrogens (tertiary/aromatic N) is 1. The lowest BCUT2D eigenvalue weighted by Gasteiger charge is -2.17. The quantitative estimate of drug-likeness (QED) is 0.277. The standard InChI is InChI=1S/C21H18F2N2O3S/c1-14-4-2-10-25(13-14)18(20(29)24-12-17-5-3-11-27-17)19(26)15-6-8-16(9-7-15)28-21(22)23/h2-11,13,21H,12H2,1H3,(H-,24,26,29). The number of aryl methyl sites for hydroxylation is 1. The van der Waals surface area contributed by atoms with Crippen molar-refractivity contribution in [3.8, 4) is 5.75 Å². The molecule has 8 heteroatoms. The van der Waals surface area contributed by atoms with Gasteiger partial charge in [-0.05, 0) is 48.6 Å². The van der Waals surface area contributed by atoms with E-state index in [1.54, 1.807) is 41.4 Å². The second kappa shape index (κ2) is 9.29. The van der Waals surface area contributed by atoms with Crippen LogP contribution in [0.1, 0.15) is 16.9 Å². The number of pyridine rings is 1. The van der Waals surface area contributed by atoms with E-state index in [4.69, 9.17) is 16.6 Å². The second-order valence-electron chi connectivity index (χ2n) is 6.13. The Kier molecular flexibility index (Phi) is 6.56. The Hall–Kier alpha value is -3.26. The van der Waals surface area contributed by atoms with Crippen molar-refractivity contribution in [2.45, 2.75) is 20.1 Å². The van der Waals surface area contributed by atoms with Crippen LogP contribution in [0, 0.1) is 6.92 Å². The smallest absolute Gasteiger partial charge is 0.387 e. The van der Waals surface area contributed by atoms with Gasteiger partial charge >= 0.3 is 6.61 Å². The average Bonchev–Trinajstić information content (AvgIpc) is 3.20. The predicted octanol–water partition coefficient (Wildman–Crippen LogP) is 3.28. The third-order valence-electron chi connectivity index (χ3n) is 3.98. The van der Waals surface area contributed by atoms with Gasteiger partial charge < -0.3 is 19.6 Å². The van der Waals surface area contributed by atoms with Crippen LogP contribution in [0.15, 0.2) is 71.6 Å². The van der Waals surface area contributed by atoms with Crippen molar-refractivity contribution in [1.82, 2.24) is 5.32 Å². The minimum absolute atomic E-state index is 0.0279. The maximum atomic E-state index is 13.2. The molecule has 0 fully saturated rings. The Morgan fingerprint density at radius 3 is 2.59 bits per heavy atom.